The summed E-state index contributed by atoms with van der Waals surface area (Å²) in [7, 11) is 1.19. The van der Waals surface area contributed by atoms with E-state index in [9.17, 15) is 14.4 Å². The van der Waals surface area contributed by atoms with Crippen molar-refractivity contribution in [2.45, 2.75) is 26.4 Å². The lowest BCUT2D eigenvalue weighted by Gasteiger charge is -2.17. The summed E-state index contributed by atoms with van der Waals surface area (Å²) >= 11 is 0. The van der Waals surface area contributed by atoms with Crippen molar-refractivity contribution in [3.05, 3.63) is 29.8 Å². The summed E-state index contributed by atoms with van der Waals surface area (Å²) in [4.78, 5) is 37.6. The lowest BCUT2D eigenvalue weighted by molar-refractivity contribution is -0.143. The molecular weight excluding hydrogens is 330 g/mol. The Kier molecular flexibility index (Phi) is 6.92. The average molecular weight is 351 g/mol. The highest BCUT2D eigenvalue weighted by molar-refractivity contribution is 6.03. The first-order valence-corrected chi connectivity index (χ1v) is 7.29. The van der Waals surface area contributed by atoms with Crippen LogP contribution in [0.4, 0.5) is 15.3 Å². The molecule has 1 aromatic rings. The van der Waals surface area contributed by atoms with Crippen molar-refractivity contribution in [1.29, 1.82) is 0 Å². The van der Waals surface area contributed by atoms with Crippen LogP contribution >= 0.6 is 0 Å². The van der Waals surface area contributed by atoms with E-state index in [0.717, 1.165) is 0 Å². The topological polar surface area (TPSA) is 129 Å². The molecule has 136 valence electrons. The third-order valence-corrected chi connectivity index (χ3v) is 2.58. The fraction of sp³-hybridized carbons (Fsp3) is 0.375. The highest BCUT2D eigenvalue weighted by atomic mass is 16.6. The van der Waals surface area contributed by atoms with Crippen LogP contribution in [0.1, 0.15) is 26.3 Å². The lowest BCUT2D eigenvalue weighted by Crippen LogP contribution is -2.24. The number of ether oxygens (including phenoxy) is 3. The Hall–Kier alpha value is -3.10. The number of hydrogen-bond donors (Lipinski definition) is 2. The number of nitrogens with zero attached hydrogens (tertiary/aromatic N) is 1. The molecule has 0 bridgehead atoms. The standard InChI is InChI=1S/C16H21N3O6/c1-16(2,3)25-15(22)19-13(17)10-5-7-11(8-6-10)18-14(21)24-9-12(20)23-4/h5-8H,9H2,1-4H3,(H,18,21)(H2,17,19,22). The van der Waals surface area contributed by atoms with Crippen molar-refractivity contribution >= 4 is 29.7 Å². The molecular formula is C16H21N3O6. The van der Waals surface area contributed by atoms with E-state index in [2.05, 4.69) is 19.8 Å². The fourth-order valence-electron chi connectivity index (χ4n) is 1.51. The minimum Gasteiger partial charge on any atom is -0.466 e. The fourth-order valence-corrected chi connectivity index (χ4v) is 1.51. The van der Waals surface area contributed by atoms with Crippen LogP contribution in [-0.4, -0.2) is 43.3 Å². The Balaban J connectivity index is 2.65. The lowest BCUT2D eigenvalue weighted by atomic mass is 10.2. The highest BCUT2D eigenvalue weighted by Gasteiger charge is 2.16. The van der Waals surface area contributed by atoms with E-state index in [1.54, 1.807) is 32.9 Å². The first kappa shape index (κ1) is 19.9. The number of nitrogens with two attached hydrogens (primary N) is 1. The second-order valence-corrected chi connectivity index (χ2v) is 5.83. The third-order valence-electron chi connectivity index (χ3n) is 2.58. The van der Waals surface area contributed by atoms with Gasteiger partial charge in [0.1, 0.15) is 11.4 Å². The van der Waals surface area contributed by atoms with Crippen LogP contribution in [0.2, 0.25) is 0 Å². The van der Waals surface area contributed by atoms with E-state index < -0.39 is 30.4 Å². The van der Waals surface area contributed by atoms with Gasteiger partial charge < -0.3 is 19.9 Å². The first-order chi connectivity index (χ1) is 11.6. The largest absolute Gasteiger partial charge is 0.466 e. The number of esters is 1. The number of carbonyl (C=O) groups is 3. The zero-order chi connectivity index (χ0) is 19.0. The Labute approximate surface area is 145 Å². The van der Waals surface area contributed by atoms with Gasteiger partial charge in [0.05, 0.1) is 7.11 Å². The van der Waals surface area contributed by atoms with Crippen LogP contribution in [0.15, 0.2) is 29.3 Å². The molecule has 9 heteroatoms. The maximum atomic E-state index is 11.6. The molecule has 0 saturated heterocycles. The van der Waals surface area contributed by atoms with Gasteiger partial charge in [-0.15, -0.1) is 0 Å². The summed E-state index contributed by atoms with van der Waals surface area (Å²) in [5.41, 5.74) is 5.96. The van der Waals surface area contributed by atoms with Gasteiger partial charge in [0.25, 0.3) is 0 Å². The maximum absolute atomic E-state index is 11.6. The molecule has 1 rings (SSSR count). The Morgan fingerprint density at radius 1 is 1.16 bits per heavy atom. The maximum Gasteiger partial charge on any atom is 0.436 e. The molecule has 0 aliphatic heterocycles. The predicted octanol–water partition coefficient (Wildman–Crippen LogP) is 2.05. The summed E-state index contributed by atoms with van der Waals surface area (Å²) in [5.74, 6) is -0.689. The number of carbonyl (C=O) groups excluding carboxylic acids is 3. The van der Waals surface area contributed by atoms with Crippen molar-refractivity contribution in [1.82, 2.24) is 0 Å². The zero-order valence-electron chi connectivity index (χ0n) is 14.5. The highest BCUT2D eigenvalue weighted by Crippen LogP contribution is 2.11. The molecule has 0 aliphatic rings. The Bertz CT molecular complexity index is 661. The minimum atomic E-state index is -0.812. The van der Waals surface area contributed by atoms with E-state index >= 15 is 0 Å². The molecule has 0 spiro atoms. The van der Waals surface area contributed by atoms with Gasteiger partial charge in [-0.25, -0.2) is 14.4 Å². The molecule has 0 radical (unpaired) electrons. The van der Waals surface area contributed by atoms with Gasteiger partial charge in [-0.3, -0.25) is 5.32 Å². The van der Waals surface area contributed by atoms with Gasteiger partial charge in [0.15, 0.2) is 6.61 Å². The minimum absolute atomic E-state index is 0.0194. The molecule has 0 fully saturated rings. The number of anilines is 1. The summed E-state index contributed by atoms with van der Waals surface area (Å²) < 4.78 is 14.0. The SMILES string of the molecule is COC(=O)COC(=O)Nc1ccc(C(N)=NC(=O)OC(C)(C)C)cc1. The van der Waals surface area contributed by atoms with Crippen LogP contribution < -0.4 is 11.1 Å². The monoisotopic (exact) mass is 351 g/mol. The third kappa shape index (κ3) is 7.82. The number of amides is 2. The normalized spacial score (nSPS) is 11.4. The number of benzene rings is 1. The van der Waals surface area contributed by atoms with Gasteiger partial charge in [0.2, 0.25) is 0 Å². The second kappa shape index (κ2) is 8.67. The molecule has 1 aromatic carbocycles. The molecule has 2 amide bonds. The Morgan fingerprint density at radius 3 is 2.28 bits per heavy atom. The van der Waals surface area contributed by atoms with Crippen LogP contribution in [-0.2, 0) is 19.0 Å². The van der Waals surface area contributed by atoms with E-state index in [1.807, 2.05) is 0 Å². The molecule has 0 atom stereocenters. The predicted molar refractivity (Wildman–Crippen MR) is 90.4 cm³/mol. The second-order valence-electron chi connectivity index (χ2n) is 5.83. The number of hydrogen-bond acceptors (Lipinski definition) is 6. The van der Waals surface area contributed by atoms with E-state index in [4.69, 9.17) is 10.5 Å². The molecule has 9 nitrogen and oxygen atoms in total. The van der Waals surface area contributed by atoms with Gasteiger partial charge in [0, 0.05) is 11.3 Å². The van der Waals surface area contributed by atoms with E-state index in [0.29, 0.717) is 11.3 Å². The van der Waals surface area contributed by atoms with Gasteiger partial charge in [-0.1, -0.05) is 0 Å². The van der Waals surface area contributed by atoms with Gasteiger partial charge in [-0.2, -0.15) is 4.99 Å². The molecule has 0 heterocycles. The molecule has 0 aromatic heterocycles. The number of nitrogens with one attached hydrogen (secondary N) is 1. The molecule has 0 unspecified atom stereocenters. The summed E-state index contributed by atoms with van der Waals surface area (Å²) in [6.45, 7) is 4.67. The van der Waals surface area contributed by atoms with Crippen molar-refractivity contribution in [3.8, 4) is 0 Å². The number of rotatable bonds is 4. The van der Waals surface area contributed by atoms with Gasteiger partial charge in [-0.05, 0) is 45.0 Å². The first-order valence-electron chi connectivity index (χ1n) is 7.29. The van der Waals surface area contributed by atoms with Gasteiger partial charge >= 0.3 is 18.2 Å². The Morgan fingerprint density at radius 2 is 1.76 bits per heavy atom. The van der Waals surface area contributed by atoms with Crippen molar-refractivity contribution in [2.24, 2.45) is 10.7 Å². The molecule has 3 N–H and O–H groups in total. The zero-order valence-corrected chi connectivity index (χ0v) is 14.5. The van der Waals surface area contributed by atoms with Crippen molar-refractivity contribution in [2.75, 3.05) is 19.0 Å². The van der Waals surface area contributed by atoms with Crippen LogP contribution in [0, 0.1) is 0 Å². The van der Waals surface area contributed by atoms with Crippen molar-refractivity contribution < 1.29 is 28.6 Å². The average Bonchev–Trinajstić information content (AvgIpc) is 2.51. The van der Waals surface area contributed by atoms with Crippen LogP contribution in [0.3, 0.4) is 0 Å². The molecule has 0 saturated carbocycles. The summed E-state index contributed by atoms with van der Waals surface area (Å²) in [6.07, 6.45) is -1.60. The summed E-state index contributed by atoms with van der Waals surface area (Å²) in [5, 5.41) is 2.42. The number of methoxy groups -OCH3 is 1. The number of amidine groups is 1. The van der Waals surface area contributed by atoms with Crippen molar-refractivity contribution in [3.63, 3.8) is 0 Å². The summed E-state index contributed by atoms with van der Waals surface area (Å²) in [6, 6.07) is 6.18. The van der Waals surface area contributed by atoms with Crippen LogP contribution in [0.5, 0.6) is 0 Å². The molecule has 25 heavy (non-hydrogen) atoms. The van der Waals surface area contributed by atoms with Crippen LogP contribution in [0.25, 0.3) is 0 Å². The number of aliphatic imine (C=N–C) groups is 1. The molecule has 0 aliphatic carbocycles. The van der Waals surface area contributed by atoms with E-state index in [-0.39, 0.29) is 5.84 Å². The van der Waals surface area contributed by atoms with E-state index in [1.165, 1.54) is 19.2 Å². The smallest absolute Gasteiger partial charge is 0.436 e. The quantitative estimate of drug-likeness (QED) is 0.367.